The molecule has 5 nitrogen and oxygen atoms in total. The molecule has 0 radical (unpaired) electrons. The maximum atomic E-state index is 12.8. The summed E-state index contributed by atoms with van der Waals surface area (Å²) in [6.07, 6.45) is 1.71. The Labute approximate surface area is 126 Å². The van der Waals surface area contributed by atoms with Gasteiger partial charge in [0.1, 0.15) is 5.75 Å². The van der Waals surface area contributed by atoms with E-state index in [0.29, 0.717) is 25.4 Å². The molecule has 1 fully saturated rings. The second-order valence-corrected chi connectivity index (χ2v) is 7.21. The number of benzene rings is 1. The molecule has 1 heterocycles. The molecule has 2 rings (SSSR count). The van der Waals surface area contributed by atoms with Gasteiger partial charge in [-0.05, 0) is 30.9 Å². The highest BCUT2D eigenvalue weighted by molar-refractivity contribution is 7.89. The summed E-state index contributed by atoms with van der Waals surface area (Å²) in [5.74, 6) is 0.841. The van der Waals surface area contributed by atoms with Crippen molar-refractivity contribution < 1.29 is 17.9 Å². The molecule has 1 unspecified atom stereocenters. The third-order valence-electron chi connectivity index (χ3n) is 3.64. The van der Waals surface area contributed by atoms with Crippen LogP contribution in [0.25, 0.3) is 0 Å². The van der Waals surface area contributed by atoms with E-state index < -0.39 is 10.0 Å². The van der Waals surface area contributed by atoms with Crippen LogP contribution in [0.2, 0.25) is 0 Å². The maximum Gasteiger partial charge on any atom is 0.243 e. The molecule has 0 amide bonds. The fraction of sp³-hybridized carbons (Fsp3) is 0.600. The number of ether oxygens (including phenoxy) is 2. The predicted octanol–water partition coefficient (Wildman–Crippen LogP) is 2.13. The van der Waals surface area contributed by atoms with Crippen molar-refractivity contribution in [2.24, 2.45) is 5.92 Å². The van der Waals surface area contributed by atoms with Gasteiger partial charge < -0.3 is 9.47 Å². The zero-order valence-electron chi connectivity index (χ0n) is 12.6. The van der Waals surface area contributed by atoms with Crippen LogP contribution >= 0.6 is 0 Å². The lowest BCUT2D eigenvalue weighted by Crippen LogP contribution is -2.36. The fourth-order valence-corrected chi connectivity index (χ4v) is 4.13. The molecule has 1 aromatic rings. The van der Waals surface area contributed by atoms with Crippen molar-refractivity contribution in [2.75, 3.05) is 33.4 Å². The molecule has 0 spiro atoms. The molecule has 0 aromatic heterocycles. The first-order chi connectivity index (χ1) is 10.1. The Morgan fingerprint density at radius 2 is 2.24 bits per heavy atom. The number of hydrogen-bond acceptors (Lipinski definition) is 4. The zero-order valence-corrected chi connectivity index (χ0v) is 13.4. The van der Waals surface area contributed by atoms with Gasteiger partial charge in [-0.1, -0.05) is 13.0 Å². The maximum absolute atomic E-state index is 12.8. The fourth-order valence-electron chi connectivity index (χ4n) is 2.49. The molecule has 1 aromatic carbocycles. The Kier molecular flexibility index (Phi) is 5.61. The standard InChI is InChI=1S/C15H23NO4S/c1-3-8-16(11-13-7-9-20-12-13)21(17,18)15-6-4-5-14(10-15)19-2/h4-6,10,13H,3,7-9,11-12H2,1-2H3. The largest absolute Gasteiger partial charge is 0.497 e. The summed E-state index contributed by atoms with van der Waals surface area (Å²) in [4.78, 5) is 0.286. The minimum Gasteiger partial charge on any atom is -0.497 e. The molecule has 0 saturated carbocycles. The van der Waals surface area contributed by atoms with Gasteiger partial charge in [-0.25, -0.2) is 8.42 Å². The molecule has 6 heteroatoms. The van der Waals surface area contributed by atoms with Crippen LogP contribution in [-0.2, 0) is 14.8 Å². The summed E-state index contributed by atoms with van der Waals surface area (Å²) in [6.45, 7) is 4.40. The number of nitrogens with zero attached hydrogens (tertiary/aromatic N) is 1. The van der Waals surface area contributed by atoms with Crippen LogP contribution in [0.5, 0.6) is 5.75 Å². The summed E-state index contributed by atoms with van der Waals surface area (Å²) in [6, 6.07) is 6.64. The first kappa shape index (κ1) is 16.3. The lowest BCUT2D eigenvalue weighted by atomic mass is 10.1. The van der Waals surface area contributed by atoms with Crippen molar-refractivity contribution in [3.05, 3.63) is 24.3 Å². The number of sulfonamides is 1. The smallest absolute Gasteiger partial charge is 0.243 e. The van der Waals surface area contributed by atoms with Gasteiger partial charge in [0.05, 0.1) is 18.6 Å². The normalized spacial score (nSPS) is 19.1. The van der Waals surface area contributed by atoms with E-state index in [1.807, 2.05) is 6.92 Å². The molecule has 0 N–H and O–H groups in total. The molecule has 1 aliphatic rings. The van der Waals surface area contributed by atoms with E-state index in [1.54, 1.807) is 28.6 Å². The average molecular weight is 313 g/mol. The van der Waals surface area contributed by atoms with Gasteiger partial charge in [0.15, 0.2) is 0 Å². The number of rotatable bonds is 7. The molecular weight excluding hydrogens is 290 g/mol. The van der Waals surface area contributed by atoms with Gasteiger partial charge in [-0.15, -0.1) is 0 Å². The van der Waals surface area contributed by atoms with Crippen LogP contribution < -0.4 is 4.74 Å². The summed E-state index contributed by atoms with van der Waals surface area (Å²) >= 11 is 0. The monoisotopic (exact) mass is 313 g/mol. The topological polar surface area (TPSA) is 55.8 Å². The molecule has 0 aliphatic carbocycles. The van der Waals surface area contributed by atoms with Crippen molar-refractivity contribution in [1.29, 1.82) is 0 Å². The first-order valence-corrected chi connectivity index (χ1v) is 8.74. The molecule has 1 aliphatic heterocycles. The van der Waals surface area contributed by atoms with Gasteiger partial charge in [-0.3, -0.25) is 0 Å². The van der Waals surface area contributed by atoms with Crippen molar-refractivity contribution in [3.8, 4) is 5.75 Å². The molecule has 21 heavy (non-hydrogen) atoms. The Balaban J connectivity index is 2.22. The predicted molar refractivity (Wildman–Crippen MR) is 81.0 cm³/mol. The number of hydrogen-bond donors (Lipinski definition) is 0. The van der Waals surface area contributed by atoms with E-state index in [1.165, 1.54) is 7.11 Å². The Morgan fingerprint density at radius 1 is 1.43 bits per heavy atom. The van der Waals surface area contributed by atoms with E-state index in [9.17, 15) is 8.42 Å². The molecule has 0 bridgehead atoms. The molecular formula is C15H23NO4S. The summed E-state index contributed by atoms with van der Waals surface area (Å²) in [7, 11) is -1.95. The van der Waals surface area contributed by atoms with Crippen molar-refractivity contribution in [3.63, 3.8) is 0 Å². The van der Waals surface area contributed by atoms with Gasteiger partial charge in [0.2, 0.25) is 10.0 Å². The second kappa shape index (κ2) is 7.24. The highest BCUT2D eigenvalue weighted by Crippen LogP contribution is 2.23. The highest BCUT2D eigenvalue weighted by Gasteiger charge is 2.28. The van der Waals surface area contributed by atoms with Crippen molar-refractivity contribution >= 4 is 10.0 Å². The number of methoxy groups -OCH3 is 1. The van der Waals surface area contributed by atoms with E-state index >= 15 is 0 Å². The van der Waals surface area contributed by atoms with E-state index in [4.69, 9.17) is 9.47 Å². The molecule has 1 saturated heterocycles. The lowest BCUT2D eigenvalue weighted by molar-refractivity contribution is 0.180. The van der Waals surface area contributed by atoms with Gasteiger partial charge in [0.25, 0.3) is 0 Å². The summed E-state index contributed by atoms with van der Waals surface area (Å²) < 4.78 is 37.7. The van der Waals surface area contributed by atoms with Crippen LogP contribution in [0, 0.1) is 5.92 Å². The van der Waals surface area contributed by atoms with Gasteiger partial charge >= 0.3 is 0 Å². The van der Waals surface area contributed by atoms with E-state index in [0.717, 1.165) is 19.4 Å². The second-order valence-electron chi connectivity index (χ2n) is 5.27. The highest BCUT2D eigenvalue weighted by atomic mass is 32.2. The minimum absolute atomic E-state index is 0.286. The van der Waals surface area contributed by atoms with Gasteiger partial charge in [-0.2, -0.15) is 4.31 Å². The third kappa shape index (κ3) is 3.96. The van der Waals surface area contributed by atoms with Crippen molar-refractivity contribution in [1.82, 2.24) is 4.31 Å². The van der Waals surface area contributed by atoms with E-state index in [-0.39, 0.29) is 10.8 Å². The van der Waals surface area contributed by atoms with Crippen LogP contribution in [0.4, 0.5) is 0 Å². The van der Waals surface area contributed by atoms with Crippen LogP contribution in [0.15, 0.2) is 29.2 Å². The van der Waals surface area contributed by atoms with E-state index in [2.05, 4.69) is 0 Å². The average Bonchev–Trinajstić information content (AvgIpc) is 3.00. The Hall–Kier alpha value is -1.11. The SMILES string of the molecule is CCCN(CC1CCOC1)S(=O)(=O)c1cccc(OC)c1. The molecule has 1 atom stereocenters. The molecule has 118 valence electrons. The first-order valence-electron chi connectivity index (χ1n) is 7.30. The Bertz CT molecular complexity index is 553. The van der Waals surface area contributed by atoms with Crippen molar-refractivity contribution in [2.45, 2.75) is 24.7 Å². The minimum atomic E-state index is -3.49. The third-order valence-corrected chi connectivity index (χ3v) is 5.50. The summed E-state index contributed by atoms with van der Waals surface area (Å²) in [5, 5.41) is 0. The zero-order chi connectivity index (χ0) is 15.3. The quantitative estimate of drug-likeness (QED) is 0.774. The summed E-state index contributed by atoms with van der Waals surface area (Å²) in [5.41, 5.74) is 0. The van der Waals surface area contributed by atoms with Crippen LogP contribution in [0.1, 0.15) is 19.8 Å². The van der Waals surface area contributed by atoms with Crippen LogP contribution in [-0.4, -0.2) is 46.1 Å². The lowest BCUT2D eigenvalue weighted by Gasteiger charge is -2.24. The van der Waals surface area contributed by atoms with Gasteiger partial charge in [0, 0.05) is 25.8 Å². The van der Waals surface area contributed by atoms with Crippen LogP contribution in [0.3, 0.4) is 0 Å². The Morgan fingerprint density at radius 3 is 2.86 bits per heavy atom.